The summed E-state index contributed by atoms with van der Waals surface area (Å²) >= 11 is 6.08. The van der Waals surface area contributed by atoms with E-state index in [0.717, 1.165) is 16.8 Å². The number of carbonyl (C=O) groups excluding carboxylic acids is 1. The number of urea groups is 1. The van der Waals surface area contributed by atoms with E-state index in [1.165, 1.54) is 5.56 Å². The van der Waals surface area contributed by atoms with E-state index in [1.54, 1.807) is 4.90 Å². The first-order valence-corrected chi connectivity index (χ1v) is 9.50. The van der Waals surface area contributed by atoms with Gasteiger partial charge < -0.3 is 15.1 Å². The first-order chi connectivity index (χ1) is 13.1. The summed E-state index contributed by atoms with van der Waals surface area (Å²) in [6.07, 6.45) is 0.512. The minimum Gasteiger partial charge on any atom is -0.390 e. The molecule has 0 saturated heterocycles. The first kappa shape index (κ1) is 19.2. The zero-order chi connectivity index (χ0) is 19.2. The van der Waals surface area contributed by atoms with Crippen LogP contribution in [0.25, 0.3) is 0 Å². The van der Waals surface area contributed by atoms with Crippen LogP contribution in [-0.2, 0) is 11.4 Å². The summed E-state index contributed by atoms with van der Waals surface area (Å²) < 4.78 is 0. The number of benzene rings is 2. The highest BCUT2D eigenvalue weighted by atomic mass is 35.5. The molecule has 0 aromatic heterocycles. The standard InChI is InChI=1S/C21H24ClN3O2/c1-3-23-21(26)25(13-16-8-6-9-17(22)11-16)14-18-12-20(24-27-18)19-10-5-4-7-15(19)2/h4-11,18H,3,12-14H2,1-2H3,(H,23,26). The van der Waals surface area contributed by atoms with Crippen LogP contribution in [0.3, 0.4) is 0 Å². The van der Waals surface area contributed by atoms with Crippen LogP contribution in [0.4, 0.5) is 4.79 Å². The summed E-state index contributed by atoms with van der Waals surface area (Å²) in [6.45, 7) is 5.46. The molecule has 3 rings (SSSR count). The lowest BCUT2D eigenvalue weighted by Crippen LogP contribution is -2.43. The number of rotatable bonds is 6. The summed E-state index contributed by atoms with van der Waals surface area (Å²) in [5.74, 6) is 0. The van der Waals surface area contributed by atoms with Gasteiger partial charge in [-0.3, -0.25) is 0 Å². The van der Waals surface area contributed by atoms with Crippen LogP contribution in [0, 0.1) is 6.92 Å². The van der Waals surface area contributed by atoms with E-state index in [1.807, 2.05) is 49.4 Å². The van der Waals surface area contributed by atoms with Gasteiger partial charge in [-0.2, -0.15) is 0 Å². The lowest BCUT2D eigenvalue weighted by atomic mass is 10.0. The number of halogens is 1. The summed E-state index contributed by atoms with van der Waals surface area (Å²) in [5.41, 5.74) is 4.17. The topological polar surface area (TPSA) is 53.9 Å². The third-order valence-corrected chi connectivity index (χ3v) is 4.73. The Kier molecular flexibility index (Phi) is 6.35. The smallest absolute Gasteiger partial charge is 0.317 e. The minimum absolute atomic E-state index is 0.120. The fourth-order valence-electron chi connectivity index (χ4n) is 3.17. The molecular formula is C21H24ClN3O2. The molecule has 27 heavy (non-hydrogen) atoms. The highest BCUT2D eigenvalue weighted by Gasteiger charge is 2.27. The Morgan fingerprint density at radius 2 is 2.11 bits per heavy atom. The second kappa shape index (κ2) is 8.91. The maximum atomic E-state index is 12.5. The van der Waals surface area contributed by atoms with Crippen molar-refractivity contribution >= 4 is 23.3 Å². The Bertz CT molecular complexity index is 838. The quantitative estimate of drug-likeness (QED) is 0.802. The predicted molar refractivity (Wildman–Crippen MR) is 108 cm³/mol. The van der Waals surface area contributed by atoms with Gasteiger partial charge in [-0.15, -0.1) is 0 Å². The molecule has 2 aromatic carbocycles. The molecule has 0 fully saturated rings. The average molecular weight is 386 g/mol. The first-order valence-electron chi connectivity index (χ1n) is 9.12. The largest absolute Gasteiger partial charge is 0.390 e. The Hall–Kier alpha value is -2.53. The average Bonchev–Trinajstić information content (AvgIpc) is 3.10. The SMILES string of the molecule is CCNC(=O)N(Cc1cccc(Cl)c1)CC1CC(c2ccccc2C)=NO1. The van der Waals surface area contributed by atoms with Gasteiger partial charge in [-0.05, 0) is 37.1 Å². The van der Waals surface area contributed by atoms with E-state index < -0.39 is 0 Å². The number of nitrogens with zero attached hydrogens (tertiary/aromatic N) is 2. The van der Waals surface area contributed by atoms with E-state index >= 15 is 0 Å². The second-order valence-corrected chi connectivity index (χ2v) is 7.07. The fourth-order valence-corrected chi connectivity index (χ4v) is 3.38. The Morgan fingerprint density at radius 3 is 2.85 bits per heavy atom. The summed E-state index contributed by atoms with van der Waals surface area (Å²) in [6, 6.07) is 15.5. The fraction of sp³-hybridized carbons (Fsp3) is 0.333. The molecule has 142 valence electrons. The lowest BCUT2D eigenvalue weighted by Gasteiger charge is -2.25. The third-order valence-electron chi connectivity index (χ3n) is 4.49. The molecule has 1 aliphatic rings. The van der Waals surface area contributed by atoms with Gasteiger partial charge in [0.1, 0.15) is 0 Å². The zero-order valence-electron chi connectivity index (χ0n) is 15.6. The van der Waals surface area contributed by atoms with Gasteiger partial charge in [0.15, 0.2) is 6.10 Å². The van der Waals surface area contributed by atoms with Crippen molar-refractivity contribution in [1.82, 2.24) is 10.2 Å². The van der Waals surface area contributed by atoms with Crippen LogP contribution in [0.1, 0.15) is 30.0 Å². The number of amides is 2. The van der Waals surface area contributed by atoms with Crippen molar-refractivity contribution in [2.45, 2.75) is 32.9 Å². The highest BCUT2D eigenvalue weighted by Crippen LogP contribution is 2.21. The molecule has 6 heteroatoms. The molecule has 2 aromatic rings. The van der Waals surface area contributed by atoms with Crippen molar-refractivity contribution in [2.75, 3.05) is 13.1 Å². The van der Waals surface area contributed by atoms with Crippen LogP contribution in [-0.4, -0.2) is 35.8 Å². The highest BCUT2D eigenvalue weighted by molar-refractivity contribution is 6.30. The van der Waals surface area contributed by atoms with E-state index in [-0.39, 0.29) is 12.1 Å². The molecule has 0 radical (unpaired) electrons. The van der Waals surface area contributed by atoms with Gasteiger partial charge >= 0.3 is 6.03 Å². The van der Waals surface area contributed by atoms with Gasteiger partial charge in [0.05, 0.1) is 12.3 Å². The third kappa shape index (κ3) is 5.01. The monoisotopic (exact) mass is 385 g/mol. The molecule has 0 spiro atoms. The van der Waals surface area contributed by atoms with Crippen LogP contribution in [0.5, 0.6) is 0 Å². The summed E-state index contributed by atoms with van der Waals surface area (Å²) in [4.78, 5) is 19.9. The molecule has 2 amide bonds. The molecule has 1 unspecified atom stereocenters. The Morgan fingerprint density at radius 1 is 1.30 bits per heavy atom. The number of aryl methyl sites for hydroxylation is 1. The van der Waals surface area contributed by atoms with Gasteiger partial charge in [-0.25, -0.2) is 4.79 Å². The van der Waals surface area contributed by atoms with Gasteiger partial charge in [0.2, 0.25) is 0 Å². The van der Waals surface area contributed by atoms with Crippen molar-refractivity contribution in [3.05, 3.63) is 70.2 Å². The minimum atomic E-state index is -0.165. The molecule has 0 aliphatic carbocycles. The van der Waals surface area contributed by atoms with E-state index in [9.17, 15) is 4.79 Å². The zero-order valence-corrected chi connectivity index (χ0v) is 16.4. The molecule has 1 aliphatic heterocycles. The van der Waals surface area contributed by atoms with E-state index in [0.29, 0.717) is 31.1 Å². The van der Waals surface area contributed by atoms with Gasteiger partial charge in [-0.1, -0.05) is 53.2 Å². The van der Waals surface area contributed by atoms with E-state index in [2.05, 4.69) is 23.5 Å². The van der Waals surface area contributed by atoms with Crippen molar-refractivity contribution in [2.24, 2.45) is 5.16 Å². The van der Waals surface area contributed by atoms with Gasteiger partial charge in [0.25, 0.3) is 0 Å². The number of nitrogens with one attached hydrogen (secondary N) is 1. The van der Waals surface area contributed by atoms with Crippen LogP contribution in [0.2, 0.25) is 5.02 Å². The molecule has 0 bridgehead atoms. The Labute approximate surface area is 165 Å². The number of carbonyl (C=O) groups is 1. The van der Waals surface area contributed by atoms with Gasteiger partial charge in [0, 0.05) is 30.1 Å². The maximum absolute atomic E-state index is 12.5. The summed E-state index contributed by atoms with van der Waals surface area (Å²) in [7, 11) is 0. The molecule has 0 saturated carbocycles. The summed E-state index contributed by atoms with van der Waals surface area (Å²) in [5, 5.41) is 7.79. The maximum Gasteiger partial charge on any atom is 0.317 e. The molecule has 1 N–H and O–H groups in total. The number of hydrogen-bond donors (Lipinski definition) is 1. The second-order valence-electron chi connectivity index (χ2n) is 6.63. The van der Waals surface area contributed by atoms with E-state index in [4.69, 9.17) is 16.4 Å². The van der Waals surface area contributed by atoms with Crippen molar-refractivity contribution < 1.29 is 9.63 Å². The molecule has 1 atom stereocenters. The molecule has 5 nitrogen and oxygen atoms in total. The van der Waals surface area contributed by atoms with Crippen molar-refractivity contribution in [3.63, 3.8) is 0 Å². The van der Waals surface area contributed by atoms with Crippen LogP contribution < -0.4 is 5.32 Å². The predicted octanol–water partition coefficient (Wildman–Crippen LogP) is 4.37. The van der Waals surface area contributed by atoms with Crippen LogP contribution in [0.15, 0.2) is 53.7 Å². The Balaban J connectivity index is 1.68. The van der Waals surface area contributed by atoms with Crippen LogP contribution >= 0.6 is 11.6 Å². The number of hydrogen-bond acceptors (Lipinski definition) is 3. The molecule has 1 heterocycles. The van der Waals surface area contributed by atoms with Crippen molar-refractivity contribution in [3.8, 4) is 0 Å². The van der Waals surface area contributed by atoms with Crippen molar-refractivity contribution in [1.29, 1.82) is 0 Å². The lowest BCUT2D eigenvalue weighted by molar-refractivity contribution is 0.0590. The number of oxime groups is 1. The normalized spacial score (nSPS) is 15.8. The molecular weight excluding hydrogens is 362 g/mol.